The summed E-state index contributed by atoms with van der Waals surface area (Å²) in [6, 6.07) is 5.83. The zero-order valence-electron chi connectivity index (χ0n) is 15.2. The number of aryl methyl sites for hydroxylation is 1. The van der Waals surface area contributed by atoms with Crippen molar-refractivity contribution in [2.75, 3.05) is 45.9 Å². The molecule has 7 heteroatoms. The number of amides is 1. The number of fused-ring (bicyclic) bond motifs is 1. The van der Waals surface area contributed by atoms with E-state index in [1.54, 1.807) is 4.90 Å². The number of carbonyl (C=O) groups excluding carboxylic acids is 1. The lowest BCUT2D eigenvalue weighted by Gasteiger charge is -2.33. The van der Waals surface area contributed by atoms with Crippen LogP contribution in [0.3, 0.4) is 0 Å². The monoisotopic (exact) mass is 358 g/mol. The van der Waals surface area contributed by atoms with E-state index in [-0.39, 0.29) is 5.91 Å². The predicted molar refractivity (Wildman–Crippen MR) is 97.0 cm³/mol. The van der Waals surface area contributed by atoms with E-state index < -0.39 is 5.60 Å². The number of pyridine rings is 1. The molecular weight excluding hydrogens is 332 g/mol. The smallest absolute Gasteiger partial charge is 0.228 e. The molecule has 4 heterocycles. The van der Waals surface area contributed by atoms with Gasteiger partial charge in [0.1, 0.15) is 5.65 Å². The maximum Gasteiger partial charge on any atom is 0.228 e. The summed E-state index contributed by atoms with van der Waals surface area (Å²) in [7, 11) is 0. The van der Waals surface area contributed by atoms with Gasteiger partial charge in [-0.05, 0) is 25.5 Å². The number of carbonyl (C=O) groups is 1. The van der Waals surface area contributed by atoms with E-state index in [2.05, 4.69) is 9.88 Å². The number of aliphatic hydroxyl groups is 1. The van der Waals surface area contributed by atoms with Crippen molar-refractivity contribution in [3.63, 3.8) is 0 Å². The van der Waals surface area contributed by atoms with Gasteiger partial charge in [-0.25, -0.2) is 4.98 Å². The van der Waals surface area contributed by atoms with Gasteiger partial charge in [-0.15, -0.1) is 0 Å². The molecular formula is C19H26N4O3. The molecule has 4 rings (SSSR count). The first-order chi connectivity index (χ1) is 12.5. The Labute approximate surface area is 153 Å². The van der Waals surface area contributed by atoms with Gasteiger partial charge >= 0.3 is 0 Å². The molecule has 2 aromatic rings. The van der Waals surface area contributed by atoms with Crippen molar-refractivity contribution in [2.24, 2.45) is 0 Å². The van der Waals surface area contributed by atoms with Crippen molar-refractivity contribution in [1.82, 2.24) is 19.2 Å². The number of rotatable bonds is 4. The largest absolute Gasteiger partial charge is 0.387 e. The van der Waals surface area contributed by atoms with Gasteiger partial charge in [-0.1, -0.05) is 6.07 Å². The number of imidazole rings is 1. The van der Waals surface area contributed by atoms with E-state index in [9.17, 15) is 9.90 Å². The summed E-state index contributed by atoms with van der Waals surface area (Å²) in [6.07, 6.45) is 2.88. The Morgan fingerprint density at radius 1 is 1.31 bits per heavy atom. The normalized spacial score (nSPS) is 24.5. The lowest BCUT2D eigenvalue weighted by Crippen LogP contribution is -2.49. The van der Waals surface area contributed by atoms with Crippen LogP contribution in [-0.4, -0.2) is 81.7 Å². The molecule has 140 valence electrons. The summed E-state index contributed by atoms with van der Waals surface area (Å²) < 4.78 is 7.34. The maximum absolute atomic E-state index is 12.8. The summed E-state index contributed by atoms with van der Waals surface area (Å²) in [5.41, 5.74) is 1.85. The molecule has 2 aliphatic rings. The number of ether oxygens (including phenoxy) is 1. The number of morpholine rings is 1. The summed E-state index contributed by atoms with van der Waals surface area (Å²) in [4.78, 5) is 21.4. The Bertz CT molecular complexity index is 799. The third-order valence-corrected chi connectivity index (χ3v) is 5.45. The lowest BCUT2D eigenvalue weighted by molar-refractivity contribution is -0.130. The van der Waals surface area contributed by atoms with Crippen molar-refractivity contribution >= 4 is 11.6 Å². The fraction of sp³-hybridized carbons (Fsp3) is 0.579. The molecule has 2 fully saturated rings. The second-order valence-corrected chi connectivity index (χ2v) is 7.43. The number of nitrogens with zero attached hydrogens (tertiary/aromatic N) is 4. The van der Waals surface area contributed by atoms with Gasteiger partial charge in [0, 0.05) is 32.4 Å². The molecule has 0 spiro atoms. The lowest BCUT2D eigenvalue weighted by atomic mass is 10.0. The highest BCUT2D eigenvalue weighted by molar-refractivity contribution is 5.79. The van der Waals surface area contributed by atoms with E-state index in [4.69, 9.17) is 4.74 Å². The van der Waals surface area contributed by atoms with Gasteiger partial charge in [-0.3, -0.25) is 9.69 Å². The second-order valence-electron chi connectivity index (χ2n) is 7.43. The van der Waals surface area contributed by atoms with Crippen molar-refractivity contribution < 1.29 is 14.6 Å². The van der Waals surface area contributed by atoms with Crippen LogP contribution in [0.4, 0.5) is 0 Å². The van der Waals surface area contributed by atoms with E-state index in [0.29, 0.717) is 45.7 Å². The summed E-state index contributed by atoms with van der Waals surface area (Å²) in [5.74, 6) is 0.0525. The van der Waals surface area contributed by atoms with Gasteiger partial charge in [-0.2, -0.15) is 0 Å². The molecule has 1 amide bonds. The molecule has 26 heavy (non-hydrogen) atoms. The minimum atomic E-state index is -0.818. The number of hydrogen-bond acceptors (Lipinski definition) is 5. The highest BCUT2D eigenvalue weighted by atomic mass is 16.5. The van der Waals surface area contributed by atoms with Gasteiger partial charge in [0.15, 0.2) is 0 Å². The SMILES string of the molecule is Cc1nc2ccccn2c1CC(=O)N1CC[C@](O)(CN2CCOCC2)C1. The van der Waals surface area contributed by atoms with Gasteiger partial charge < -0.3 is 19.1 Å². The van der Waals surface area contributed by atoms with Crippen molar-refractivity contribution in [3.05, 3.63) is 35.8 Å². The zero-order valence-corrected chi connectivity index (χ0v) is 15.2. The molecule has 0 saturated carbocycles. The highest BCUT2D eigenvalue weighted by Crippen LogP contribution is 2.24. The number of β-amino-alcohol motifs (C(OH)–C–C–N with tert-alkyl or cyclic N) is 1. The summed E-state index contributed by atoms with van der Waals surface area (Å²) in [6.45, 7) is 6.67. The van der Waals surface area contributed by atoms with Crippen LogP contribution in [0.25, 0.3) is 5.65 Å². The fourth-order valence-electron chi connectivity index (χ4n) is 4.01. The van der Waals surface area contributed by atoms with E-state index in [1.807, 2.05) is 35.7 Å². The standard InChI is InChI=1S/C19H26N4O3/c1-15-16(23-6-3-2-4-17(23)20-15)12-18(24)22-7-5-19(25,14-22)13-21-8-10-26-11-9-21/h2-4,6,25H,5,7-14H2,1H3/t19-/m0/s1. The Hall–Kier alpha value is -1.96. The van der Waals surface area contributed by atoms with E-state index in [1.165, 1.54) is 0 Å². The molecule has 2 saturated heterocycles. The average Bonchev–Trinajstić information content (AvgIpc) is 3.17. The molecule has 7 nitrogen and oxygen atoms in total. The van der Waals surface area contributed by atoms with E-state index in [0.717, 1.165) is 30.1 Å². The third-order valence-electron chi connectivity index (χ3n) is 5.45. The molecule has 0 bridgehead atoms. The van der Waals surface area contributed by atoms with Crippen LogP contribution in [0.1, 0.15) is 17.8 Å². The maximum atomic E-state index is 12.8. The number of likely N-dealkylation sites (tertiary alicyclic amines) is 1. The topological polar surface area (TPSA) is 70.3 Å². The summed E-state index contributed by atoms with van der Waals surface area (Å²) in [5, 5.41) is 10.9. The Morgan fingerprint density at radius 2 is 2.12 bits per heavy atom. The van der Waals surface area contributed by atoms with Crippen LogP contribution in [-0.2, 0) is 16.0 Å². The number of aromatic nitrogens is 2. The molecule has 0 aromatic carbocycles. The van der Waals surface area contributed by atoms with Gasteiger partial charge in [0.25, 0.3) is 0 Å². The zero-order chi connectivity index (χ0) is 18.1. The van der Waals surface area contributed by atoms with Crippen LogP contribution < -0.4 is 0 Å². The Morgan fingerprint density at radius 3 is 2.92 bits per heavy atom. The van der Waals surface area contributed by atoms with Crippen LogP contribution in [0, 0.1) is 6.92 Å². The highest BCUT2D eigenvalue weighted by Gasteiger charge is 2.39. The molecule has 0 aliphatic carbocycles. The van der Waals surface area contributed by atoms with Crippen LogP contribution >= 0.6 is 0 Å². The summed E-state index contributed by atoms with van der Waals surface area (Å²) >= 11 is 0. The molecule has 2 aromatic heterocycles. The van der Waals surface area contributed by atoms with Crippen molar-refractivity contribution in [3.8, 4) is 0 Å². The minimum absolute atomic E-state index is 0.0525. The van der Waals surface area contributed by atoms with Gasteiger partial charge in [0.2, 0.25) is 5.91 Å². The van der Waals surface area contributed by atoms with E-state index >= 15 is 0 Å². The van der Waals surface area contributed by atoms with Crippen molar-refractivity contribution in [1.29, 1.82) is 0 Å². The fourth-order valence-corrected chi connectivity index (χ4v) is 4.01. The van der Waals surface area contributed by atoms with Crippen molar-refractivity contribution in [2.45, 2.75) is 25.4 Å². The molecule has 1 atom stereocenters. The predicted octanol–water partition coefficient (Wildman–Crippen LogP) is 0.481. The first-order valence-corrected chi connectivity index (χ1v) is 9.27. The van der Waals surface area contributed by atoms with Crippen LogP contribution in [0.15, 0.2) is 24.4 Å². The van der Waals surface area contributed by atoms with Crippen LogP contribution in [0.2, 0.25) is 0 Å². The first kappa shape index (κ1) is 17.5. The average molecular weight is 358 g/mol. The molecule has 0 unspecified atom stereocenters. The first-order valence-electron chi connectivity index (χ1n) is 9.27. The number of hydrogen-bond donors (Lipinski definition) is 1. The molecule has 1 N–H and O–H groups in total. The Balaban J connectivity index is 1.41. The second kappa shape index (κ2) is 6.98. The molecule has 0 radical (unpaired) electrons. The minimum Gasteiger partial charge on any atom is -0.387 e. The Kier molecular flexibility index (Phi) is 4.69. The molecule has 2 aliphatic heterocycles. The quantitative estimate of drug-likeness (QED) is 0.861. The van der Waals surface area contributed by atoms with Gasteiger partial charge in [0.05, 0.1) is 43.2 Å². The van der Waals surface area contributed by atoms with Crippen LogP contribution in [0.5, 0.6) is 0 Å². The third kappa shape index (κ3) is 3.47.